The van der Waals surface area contributed by atoms with Gasteiger partial charge in [-0.05, 0) is 434 Å². The van der Waals surface area contributed by atoms with Gasteiger partial charge in [-0.1, -0.05) is 231 Å². The summed E-state index contributed by atoms with van der Waals surface area (Å²) >= 11 is 0. The molecule has 0 atom stereocenters. The van der Waals surface area contributed by atoms with Crippen LogP contribution < -0.4 is 44.7 Å². The molecule has 17 rings (SSSR count). The van der Waals surface area contributed by atoms with Crippen LogP contribution in [0.1, 0.15) is 188 Å². The number of hydrogen-bond donors (Lipinski definition) is 0. The molecule has 0 aromatic heterocycles. The molecular formula is C132H139BN8. The number of anilines is 24. The molecule has 8 nitrogen and oxygen atoms in total. The maximum atomic E-state index is 2.42. The Hall–Kier alpha value is -14.8. The Morgan fingerprint density at radius 3 is 0.312 bits per heavy atom. The van der Waals surface area contributed by atoms with Crippen molar-refractivity contribution < 1.29 is 0 Å². The van der Waals surface area contributed by atoms with Gasteiger partial charge >= 0.3 is 0 Å². The molecule has 0 saturated heterocycles. The van der Waals surface area contributed by atoms with E-state index in [4.69, 9.17) is 0 Å². The van der Waals surface area contributed by atoms with E-state index >= 15 is 0 Å². The Labute approximate surface area is 843 Å². The minimum absolute atomic E-state index is 1.01. The van der Waals surface area contributed by atoms with Crippen molar-refractivity contribution in [1.29, 1.82) is 0 Å². The number of rotatable bonds is 45. The molecule has 0 aliphatic carbocycles. The quantitative estimate of drug-likeness (QED) is 0.0349. The average molecular weight is 1850 g/mol. The van der Waals surface area contributed by atoms with E-state index in [0.29, 0.717) is 0 Å². The highest BCUT2D eigenvalue weighted by Crippen LogP contribution is 2.49. The van der Waals surface area contributed by atoms with E-state index in [-0.39, 0.29) is 0 Å². The second kappa shape index (κ2) is 48.2. The summed E-state index contributed by atoms with van der Waals surface area (Å²) in [6.07, 6.45) is 23.8. The van der Waals surface area contributed by atoms with E-state index < -0.39 is 0 Å². The van der Waals surface area contributed by atoms with Gasteiger partial charge in [-0.2, -0.15) is 0 Å². The number of hydrogen-bond acceptors (Lipinski definition) is 8. The highest BCUT2D eigenvalue weighted by atomic mass is 15.2. The summed E-state index contributed by atoms with van der Waals surface area (Å²) in [7, 11) is 2.16. The van der Waals surface area contributed by atoms with Crippen molar-refractivity contribution in [3.8, 4) is 0 Å². The van der Waals surface area contributed by atoms with Gasteiger partial charge in [0.05, 0.1) is 0 Å². The van der Waals surface area contributed by atoms with Crippen LogP contribution in [0.5, 0.6) is 0 Å². The van der Waals surface area contributed by atoms with Crippen molar-refractivity contribution in [2.75, 3.05) is 39.2 Å². The van der Waals surface area contributed by atoms with E-state index in [2.05, 4.69) is 522 Å². The van der Waals surface area contributed by atoms with Crippen molar-refractivity contribution in [3.05, 3.63) is 463 Å². The van der Waals surface area contributed by atoms with Gasteiger partial charge < -0.3 is 39.2 Å². The Balaban J connectivity index is 0.756. The van der Waals surface area contributed by atoms with Crippen molar-refractivity contribution >= 4 is 150 Å². The van der Waals surface area contributed by atoms with Crippen LogP contribution in [-0.2, 0) is 44.9 Å². The third kappa shape index (κ3) is 24.4. The van der Waals surface area contributed by atoms with Crippen LogP contribution in [0, 0.1) is 13.8 Å². The molecule has 0 aliphatic heterocycles. The van der Waals surface area contributed by atoms with Crippen LogP contribution in [0.25, 0.3) is 0 Å². The average Bonchev–Trinajstić information content (AvgIpc) is 0.777. The molecule has 0 saturated carbocycles. The number of aryl methyl sites for hydroxylation is 9. The monoisotopic (exact) mass is 1850 g/mol. The van der Waals surface area contributed by atoms with Gasteiger partial charge in [-0.15, -0.1) is 0 Å². The lowest BCUT2D eigenvalue weighted by molar-refractivity contribution is 0.795. The highest BCUT2D eigenvalue weighted by Gasteiger charge is 2.26. The first-order chi connectivity index (χ1) is 69.3. The summed E-state index contributed by atoms with van der Waals surface area (Å²) in [6, 6.07) is 156. The largest absolute Gasteiger partial charge is 0.311 e. The van der Waals surface area contributed by atoms with Gasteiger partial charge in [0.1, 0.15) is 7.85 Å². The lowest BCUT2D eigenvalue weighted by Crippen LogP contribution is -2.14. The molecule has 0 radical (unpaired) electrons. The van der Waals surface area contributed by atoms with Crippen molar-refractivity contribution in [1.82, 2.24) is 0 Å². The van der Waals surface area contributed by atoms with E-state index in [0.717, 1.165) is 220 Å². The van der Waals surface area contributed by atoms with Crippen molar-refractivity contribution in [2.45, 2.75) is 197 Å². The zero-order valence-electron chi connectivity index (χ0n) is 84.7. The van der Waals surface area contributed by atoms with E-state index in [1.165, 1.54) is 107 Å². The second-order valence-electron chi connectivity index (χ2n) is 38.2. The fraction of sp³-hybridized carbons (Fsp3) is 0.227. The summed E-state index contributed by atoms with van der Waals surface area (Å²) in [5.74, 6) is 0. The molecule has 0 N–H and O–H groups in total. The summed E-state index contributed by atoms with van der Waals surface area (Å²) < 4.78 is 0. The van der Waals surface area contributed by atoms with Gasteiger partial charge in [0.15, 0.2) is 0 Å². The summed E-state index contributed by atoms with van der Waals surface area (Å²) in [4.78, 5) is 19.2. The van der Waals surface area contributed by atoms with Gasteiger partial charge in [-0.25, -0.2) is 0 Å². The normalized spacial score (nSPS) is 11.2. The molecule has 17 aromatic carbocycles. The molecule has 0 fully saturated rings. The Morgan fingerprint density at radius 2 is 0.213 bits per heavy atom. The fourth-order valence-electron chi connectivity index (χ4n) is 19.3. The summed E-state index contributed by atoms with van der Waals surface area (Å²) in [5, 5.41) is 0. The van der Waals surface area contributed by atoms with Crippen LogP contribution >= 0.6 is 0 Å². The molecular weight excluding hydrogens is 1710 g/mol. The number of benzene rings is 17. The second-order valence-corrected chi connectivity index (χ2v) is 38.2. The smallest absolute Gasteiger partial charge is 0.139 e. The molecule has 0 unspecified atom stereocenters. The SMILES string of the molecule is Bc1ccc(N(c2ccc(CCCC)cc2)c2ccc(N(c3ccc(C)cc3)c3ccc(N(c4ccc(N(c5ccc(CCCC)cc5)c5ccc(CCCC)cc5)cc4)c4ccc(N(c5ccc(C)cc5)c5ccc(N(c6ccc(N(c7ccc(CCCC)cc7)c7ccc(CCCC)cc7)cc6)c6ccc(N(c7ccc(CCCC)cc7)c7ccc(CCCC)cc7)cc6)cc5)cc4)cc3)cc2)cc1. The highest BCUT2D eigenvalue weighted by molar-refractivity contribution is 6.32. The molecule has 141 heavy (non-hydrogen) atoms. The Kier molecular flexibility index (Phi) is 33.4. The number of unbranched alkanes of at least 4 members (excludes halogenated alkanes) is 7. The lowest BCUT2D eigenvalue weighted by Gasteiger charge is -2.31. The van der Waals surface area contributed by atoms with Gasteiger partial charge in [0.25, 0.3) is 0 Å². The predicted octanol–water partition coefficient (Wildman–Crippen LogP) is 37.7. The van der Waals surface area contributed by atoms with Crippen LogP contribution in [-0.4, -0.2) is 7.85 Å². The maximum Gasteiger partial charge on any atom is 0.139 e. The fourth-order valence-corrected chi connectivity index (χ4v) is 19.3. The summed E-state index contributed by atoms with van der Waals surface area (Å²) in [6.45, 7) is 20.2. The zero-order valence-corrected chi connectivity index (χ0v) is 84.7. The standard InChI is InChI=1S/C132H139BN8/c1-10-17-24-101-35-55-111(56-36-101)136(112-57-37-102(38-58-112)25-18-11-2)123-79-93-130(94-80-123)140(127-87-73-120(74-88-127)134(109-51-31-99(8)32-52-109)119-71-85-126(86-72-119)139(118-69-49-108(133)50-70-118)117-67-47-107(48-68-117)30-23-16-7)128-89-75-121(76-90-128)135(110-53-33-100(9)34-54-110)122-77-91-129(92-78-122)141(131-95-81-124(82-96-131)137(113-59-39-103(40-60-113)26-19-12-3)114-61-41-104(42-62-114)27-20-13-4)132-97-83-125(84-98-132)138(115-63-43-105(44-64-115)28-21-14-5)116-65-45-106(46-66-116)29-22-15-6/h31-98H,10-30,133H2,1-9H3. The van der Waals surface area contributed by atoms with Crippen LogP contribution in [0.3, 0.4) is 0 Å². The first-order valence-corrected chi connectivity index (χ1v) is 52.3. The van der Waals surface area contributed by atoms with Gasteiger partial charge in [-0.3, -0.25) is 0 Å². The third-order valence-electron chi connectivity index (χ3n) is 27.5. The lowest BCUT2D eigenvalue weighted by atomic mass is 9.96. The number of nitrogens with zero attached hydrogens (tertiary/aromatic N) is 8. The molecule has 0 spiro atoms. The molecule has 710 valence electrons. The Bertz CT molecular complexity index is 6380. The van der Waals surface area contributed by atoms with Crippen LogP contribution in [0.15, 0.2) is 413 Å². The third-order valence-corrected chi connectivity index (χ3v) is 27.5. The molecule has 17 aromatic rings. The van der Waals surface area contributed by atoms with Gasteiger partial charge in [0, 0.05) is 136 Å². The summed E-state index contributed by atoms with van der Waals surface area (Å²) in [5.41, 5.74) is 39.0. The predicted molar refractivity (Wildman–Crippen MR) is 612 cm³/mol. The van der Waals surface area contributed by atoms with E-state index in [1.807, 2.05) is 0 Å². The molecule has 0 aliphatic rings. The first kappa shape index (κ1) is 97.8. The topological polar surface area (TPSA) is 25.9 Å². The Morgan fingerprint density at radius 1 is 0.128 bits per heavy atom. The molecule has 0 heterocycles. The van der Waals surface area contributed by atoms with E-state index in [9.17, 15) is 0 Å². The minimum Gasteiger partial charge on any atom is -0.311 e. The molecule has 0 amide bonds. The van der Waals surface area contributed by atoms with E-state index in [1.54, 1.807) is 0 Å². The zero-order chi connectivity index (χ0) is 97.2. The van der Waals surface area contributed by atoms with Crippen LogP contribution in [0.4, 0.5) is 136 Å². The molecule has 9 heteroatoms. The van der Waals surface area contributed by atoms with Crippen molar-refractivity contribution in [2.24, 2.45) is 0 Å². The maximum absolute atomic E-state index is 2.42. The molecule has 0 bridgehead atoms. The van der Waals surface area contributed by atoms with Crippen LogP contribution in [0.2, 0.25) is 0 Å². The van der Waals surface area contributed by atoms with Crippen molar-refractivity contribution in [3.63, 3.8) is 0 Å². The van der Waals surface area contributed by atoms with Gasteiger partial charge in [0.2, 0.25) is 0 Å². The first-order valence-electron chi connectivity index (χ1n) is 52.3. The minimum atomic E-state index is 1.01.